The van der Waals surface area contributed by atoms with Gasteiger partial charge >= 0.3 is 6.18 Å². The minimum atomic E-state index is -4.10. The highest BCUT2D eigenvalue weighted by Gasteiger charge is 2.29. The van der Waals surface area contributed by atoms with Crippen molar-refractivity contribution in [3.05, 3.63) is 0 Å². The third kappa shape index (κ3) is 5.35. The molecule has 1 nitrogen and oxygen atoms in total. The van der Waals surface area contributed by atoms with Crippen molar-refractivity contribution in [2.24, 2.45) is 5.92 Å². The van der Waals surface area contributed by atoms with Crippen molar-refractivity contribution in [1.82, 2.24) is 0 Å². The summed E-state index contributed by atoms with van der Waals surface area (Å²) < 4.78 is 35.9. The van der Waals surface area contributed by atoms with Gasteiger partial charge in [-0.1, -0.05) is 0 Å². The number of alkyl halides is 3. The van der Waals surface area contributed by atoms with E-state index in [0.29, 0.717) is 0 Å². The summed E-state index contributed by atoms with van der Waals surface area (Å²) in [5, 5.41) is 8.69. The first kappa shape index (κ1) is 14.0. The summed E-state index contributed by atoms with van der Waals surface area (Å²) in [5.74, 6) is 2.35. The highest BCUT2D eigenvalue weighted by Crippen LogP contribution is 2.33. The first-order valence-electron chi connectivity index (χ1n) is 5.18. The summed E-state index contributed by atoms with van der Waals surface area (Å²) in [4.78, 5) is 0. The van der Waals surface area contributed by atoms with Gasteiger partial charge in [0.1, 0.15) is 0 Å². The third-order valence-corrected chi connectivity index (χ3v) is 4.84. The Kier molecular flexibility index (Phi) is 5.84. The number of hydrogen-bond donors (Lipinski definition) is 0. The lowest BCUT2D eigenvalue weighted by Gasteiger charge is -2.25. The maximum atomic E-state index is 12.0. The van der Waals surface area contributed by atoms with Gasteiger partial charge in [-0.25, -0.2) is 0 Å². The number of nitriles is 1. The Bertz CT molecular complexity index is 243. The van der Waals surface area contributed by atoms with E-state index >= 15 is 0 Å². The van der Waals surface area contributed by atoms with Gasteiger partial charge in [0.05, 0.1) is 17.7 Å². The first-order valence-corrected chi connectivity index (χ1v) is 7.39. The number of hydrogen-bond acceptors (Lipinski definition) is 3. The molecule has 0 aliphatic carbocycles. The predicted octanol–water partition coefficient (Wildman–Crippen LogP) is 3.71. The summed E-state index contributed by atoms with van der Waals surface area (Å²) >= 11 is 3.02. The van der Waals surface area contributed by atoms with E-state index < -0.39 is 12.6 Å². The maximum absolute atomic E-state index is 12.0. The summed E-state index contributed by atoms with van der Waals surface area (Å²) in [6, 6.07) is 2.14. The molecular weight excluding hydrogens is 255 g/mol. The molecule has 1 atom stereocenters. The van der Waals surface area contributed by atoms with Crippen LogP contribution in [0.4, 0.5) is 13.2 Å². The van der Waals surface area contributed by atoms with Crippen molar-refractivity contribution >= 4 is 23.5 Å². The van der Waals surface area contributed by atoms with E-state index in [1.165, 1.54) is 0 Å². The molecule has 92 valence electrons. The van der Waals surface area contributed by atoms with Gasteiger partial charge in [0.15, 0.2) is 0 Å². The van der Waals surface area contributed by atoms with E-state index in [1.807, 2.05) is 11.8 Å². The largest absolute Gasteiger partial charge is 0.389 e. The number of nitrogens with zero attached hydrogens (tertiary/aromatic N) is 1. The summed E-state index contributed by atoms with van der Waals surface area (Å²) in [5.41, 5.74) is 0. The van der Waals surface area contributed by atoms with Gasteiger partial charge in [0.25, 0.3) is 0 Å². The average molecular weight is 269 g/mol. The number of halogens is 3. The Balaban J connectivity index is 2.29. The molecule has 1 saturated heterocycles. The molecule has 0 bridgehead atoms. The smallest absolute Gasteiger partial charge is 0.197 e. The lowest BCUT2D eigenvalue weighted by molar-refractivity contribution is -0.129. The lowest BCUT2D eigenvalue weighted by atomic mass is 9.99. The predicted molar refractivity (Wildman–Crippen MR) is 62.6 cm³/mol. The van der Waals surface area contributed by atoms with Crippen molar-refractivity contribution in [3.8, 4) is 6.07 Å². The van der Waals surface area contributed by atoms with E-state index in [2.05, 4.69) is 6.07 Å². The van der Waals surface area contributed by atoms with Gasteiger partial charge in [-0.15, -0.1) is 11.8 Å². The Labute approximate surface area is 102 Å². The van der Waals surface area contributed by atoms with Gasteiger partial charge < -0.3 is 0 Å². The third-order valence-electron chi connectivity index (χ3n) is 2.50. The van der Waals surface area contributed by atoms with Crippen LogP contribution < -0.4 is 0 Å². The second kappa shape index (κ2) is 6.65. The molecule has 1 aliphatic heterocycles. The Morgan fingerprint density at radius 2 is 2.00 bits per heavy atom. The van der Waals surface area contributed by atoms with Crippen molar-refractivity contribution in [1.29, 1.82) is 5.26 Å². The Morgan fingerprint density at radius 1 is 1.38 bits per heavy atom. The van der Waals surface area contributed by atoms with Crippen LogP contribution in [0.3, 0.4) is 0 Å². The molecule has 1 aliphatic rings. The molecular formula is C10H14F3NS2. The molecule has 0 N–H and O–H groups in total. The molecule has 0 aromatic carbocycles. The second-order valence-electron chi connectivity index (χ2n) is 3.74. The molecule has 1 fully saturated rings. The van der Waals surface area contributed by atoms with Crippen LogP contribution in [0.25, 0.3) is 0 Å². The normalized spacial score (nSPS) is 20.4. The molecule has 0 aromatic heterocycles. The zero-order valence-electron chi connectivity index (χ0n) is 8.79. The number of thioether (sulfide) groups is 2. The van der Waals surface area contributed by atoms with Gasteiger partial charge in [0.2, 0.25) is 0 Å². The fourth-order valence-corrected chi connectivity index (χ4v) is 3.96. The van der Waals surface area contributed by atoms with Crippen LogP contribution in [0.2, 0.25) is 0 Å². The van der Waals surface area contributed by atoms with Crippen molar-refractivity contribution < 1.29 is 13.2 Å². The Morgan fingerprint density at radius 3 is 2.50 bits per heavy atom. The van der Waals surface area contributed by atoms with Gasteiger partial charge in [0, 0.05) is 5.75 Å². The van der Waals surface area contributed by atoms with Crippen molar-refractivity contribution in [2.45, 2.75) is 30.7 Å². The highest BCUT2D eigenvalue weighted by molar-refractivity contribution is 8.00. The van der Waals surface area contributed by atoms with Crippen LogP contribution in [-0.4, -0.2) is 28.7 Å². The minimum absolute atomic E-state index is 0.00533. The topological polar surface area (TPSA) is 23.8 Å². The molecule has 0 radical (unpaired) electrons. The van der Waals surface area contributed by atoms with E-state index in [0.717, 1.165) is 36.1 Å². The zero-order valence-corrected chi connectivity index (χ0v) is 10.4. The standard InChI is InChI=1S/C10H14F3NS2/c11-10(12,13)3-6-16-9(7-14)8-1-4-15-5-2-8/h8-9H,1-6H2. The summed E-state index contributed by atoms with van der Waals surface area (Å²) in [7, 11) is 0. The van der Waals surface area contributed by atoms with Gasteiger partial charge in [-0.2, -0.15) is 30.2 Å². The Hall–Kier alpha value is -0.0200. The quantitative estimate of drug-likeness (QED) is 0.777. The average Bonchev–Trinajstić information content (AvgIpc) is 2.24. The van der Waals surface area contributed by atoms with Crippen molar-refractivity contribution in [3.63, 3.8) is 0 Å². The summed E-state index contributed by atoms with van der Waals surface area (Å²) in [6.07, 6.45) is -2.98. The molecule has 1 heterocycles. The van der Waals surface area contributed by atoms with E-state index in [4.69, 9.17) is 5.26 Å². The monoisotopic (exact) mass is 269 g/mol. The van der Waals surface area contributed by atoms with Crippen LogP contribution in [0.5, 0.6) is 0 Å². The maximum Gasteiger partial charge on any atom is 0.389 e. The lowest BCUT2D eigenvalue weighted by Crippen LogP contribution is -2.22. The highest BCUT2D eigenvalue weighted by atomic mass is 32.2. The summed E-state index contributed by atoms with van der Waals surface area (Å²) in [6.45, 7) is 0. The van der Waals surface area contributed by atoms with Crippen LogP contribution in [-0.2, 0) is 0 Å². The zero-order chi connectivity index (χ0) is 12.0. The molecule has 1 rings (SSSR count). The molecule has 16 heavy (non-hydrogen) atoms. The molecule has 0 aromatic rings. The fraction of sp³-hybridized carbons (Fsp3) is 0.900. The molecule has 0 saturated carbocycles. The van der Waals surface area contributed by atoms with Crippen LogP contribution in [0.15, 0.2) is 0 Å². The molecule has 1 unspecified atom stereocenters. The second-order valence-corrected chi connectivity index (χ2v) is 6.21. The fourth-order valence-electron chi connectivity index (χ4n) is 1.60. The molecule has 0 amide bonds. The molecule has 0 spiro atoms. The van der Waals surface area contributed by atoms with E-state index in [-0.39, 0.29) is 16.9 Å². The van der Waals surface area contributed by atoms with Crippen LogP contribution >= 0.6 is 23.5 Å². The van der Waals surface area contributed by atoms with E-state index in [9.17, 15) is 13.2 Å². The van der Waals surface area contributed by atoms with Crippen LogP contribution in [0.1, 0.15) is 19.3 Å². The first-order chi connectivity index (χ1) is 7.53. The number of rotatable bonds is 4. The minimum Gasteiger partial charge on any atom is -0.197 e. The van der Waals surface area contributed by atoms with Crippen molar-refractivity contribution in [2.75, 3.05) is 17.3 Å². The van der Waals surface area contributed by atoms with E-state index in [1.54, 1.807) is 0 Å². The SMILES string of the molecule is N#CC(SCCC(F)(F)F)C1CCSCC1. The molecule has 6 heteroatoms. The van der Waals surface area contributed by atoms with Gasteiger partial charge in [-0.05, 0) is 30.3 Å². The van der Waals surface area contributed by atoms with Gasteiger partial charge in [-0.3, -0.25) is 0 Å². The van der Waals surface area contributed by atoms with Crippen LogP contribution in [0, 0.1) is 17.2 Å².